The summed E-state index contributed by atoms with van der Waals surface area (Å²) in [6, 6.07) is 8.15. The molecular formula is C14H19ClN2OS. The van der Waals surface area contributed by atoms with E-state index in [2.05, 4.69) is 12.2 Å². The van der Waals surface area contributed by atoms with E-state index in [-0.39, 0.29) is 5.91 Å². The third-order valence-corrected chi connectivity index (χ3v) is 4.65. The lowest BCUT2D eigenvalue weighted by molar-refractivity contribution is -0.131. The zero-order valence-electron chi connectivity index (χ0n) is 11.1. The largest absolute Gasteiger partial charge is 0.340 e. The number of piperazine rings is 1. The molecule has 1 amide bonds. The Morgan fingerprint density at radius 1 is 1.53 bits per heavy atom. The summed E-state index contributed by atoms with van der Waals surface area (Å²) in [5, 5.41) is 4.10. The van der Waals surface area contributed by atoms with Gasteiger partial charge in [0, 0.05) is 42.7 Å². The maximum absolute atomic E-state index is 12.1. The zero-order chi connectivity index (χ0) is 13.7. The van der Waals surface area contributed by atoms with E-state index in [1.165, 1.54) is 0 Å². The summed E-state index contributed by atoms with van der Waals surface area (Å²) in [6.07, 6.45) is 0.572. The smallest absolute Gasteiger partial charge is 0.223 e. The maximum atomic E-state index is 12.1. The molecule has 1 unspecified atom stereocenters. The van der Waals surface area contributed by atoms with Gasteiger partial charge >= 0.3 is 0 Å². The molecule has 0 bridgehead atoms. The molecule has 104 valence electrons. The fourth-order valence-electron chi connectivity index (χ4n) is 2.13. The van der Waals surface area contributed by atoms with E-state index < -0.39 is 0 Å². The Labute approximate surface area is 123 Å². The average Bonchev–Trinajstić information content (AvgIpc) is 2.41. The van der Waals surface area contributed by atoms with Gasteiger partial charge in [0.2, 0.25) is 5.91 Å². The summed E-state index contributed by atoms with van der Waals surface area (Å²) < 4.78 is 0. The van der Waals surface area contributed by atoms with Gasteiger partial charge in [0.25, 0.3) is 0 Å². The second kappa shape index (κ2) is 7.17. The Morgan fingerprint density at radius 2 is 2.32 bits per heavy atom. The number of rotatable bonds is 4. The highest BCUT2D eigenvalue weighted by molar-refractivity contribution is 7.99. The van der Waals surface area contributed by atoms with Crippen molar-refractivity contribution < 1.29 is 4.79 Å². The Balaban J connectivity index is 1.76. The normalized spacial score (nSPS) is 19.5. The number of benzene rings is 1. The lowest BCUT2D eigenvalue weighted by atomic mass is 10.2. The van der Waals surface area contributed by atoms with Crippen molar-refractivity contribution in [2.75, 3.05) is 25.4 Å². The number of carbonyl (C=O) groups excluding carboxylic acids is 1. The molecule has 1 heterocycles. The number of hydrogen-bond donors (Lipinski definition) is 1. The minimum atomic E-state index is 0.243. The molecule has 0 aromatic heterocycles. The van der Waals surface area contributed by atoms with Crippen LogP contribution in [0.4, 0.5) is 0 Å². The van der Waals surface area contributed by atoms with Crippen molar-refractivity contribution in [3.8, 4) is 0 Å². The van der Waals surface area contributed by atoms with Crippen molar-refractivity contribution in [3.05, 3.63) is 29.3 Å². The van der Waals surface area contributed by atoms with E-state index in [0.717, 1.165) is 35.3 Å². The number of nitrogens with zero attached hydrogens (tertiary/aromatic N) is 1. The monoisotopic (exact) mass is 298 g/mol. The summed E-state index contributed by atoms with van der Waals surface area (Å²) in [5.74, 6) is 1.02. The highest BCUT2D eigenvalue weighted by Gasteiger charge is 2.19. The Morgan fingerprint density at radius 3 is 3.05 bits per heavy atom. The van der Waals surface area contributed by atoms with E-state index in [0.29, 0.717) is 12.5 Å². The molecular weight excluding hydrogens is 280 g/mol. The summed E-state index contributed by atoms with van der Waals surface area (Å²) in [5.41, 5.74) is 0. The van der Waals surface area contributed by atoms with Gasteiger partial charge in [-0.3, -0.25) is 4.79 Å². The van der Waals surface area contributed by atoms with Crippen LogP contribution in [0.2, 0.25) is 5.02 Å². The summed E-state index contributed by atoms with van der Waals surface area (Å²) in [6.45, 7) is 4.64. The molecule has 1 aromatic carbocycles. The van der Waals surface area contributed by atoms with Gasteiger partial charge in [-0.2, -0.15) is 0 Å². The number of thioether (sulfide) groups is 1. The molecule has 1 fully saturated rings. The Hall–Kier alpha value is -0.710. The molecule has 1 saturated heterocycles. The van der Waals surface area contributed by atoms with Gasteiger partial charge in [-0.25, -0.2) is 0 Å². The van der Waals surface area contributed by atoms with Crippen LogP contribution in [0, 0.1) is 0 Å². The van der Waals surface area contributed by atoms with E-state index in [1.54, 1.807) is 11.8 Å². The first-order chi connectivity index (χ1) is 9.16. The highest BCUT2D eigenvalue weighted by Crippen LogP contribution is 2.27. The standard InChI is InChI=1S/C14H19ClN2OS/c1-11-10-17(8-7-16-11)14(18)6-9-19-13-5-3-2-4-12(13)15/h2-5,11,16H,6-10H2,1H3. The number of nitrogens with one attached hydrogen (secondary N) is 1. The first-order valence-electron chi connectivity index (χ1n) is 6.55. The van der Waals surface area contributed by atoms with Crippen molar-refractivity contribution in [1.82, 2.24) is 10.2 Å². The quantitative estimate of drug-likeness (QED) is 0.867. The number of halogens is 1. The van der Waals surface area contributed by atoms with Gasteiger partial charge < -0.3 is 10.2 Å². The molecule has 1 atom stereocenters. The van der Waals surface area contributed by atoms with Crippen molar-refractivity contribution >= 4 is 29.3 Å². The molecule has 3 nitrogen and oxygen atoms in total. The predicted molar refractivity (Wildman–Crippen MR) is 80.8 cm³/mol. The molecule has 1 aliphatic heterocycles. The van der Waals surface area contributed by atoms with Crippen LogP contribution in [0.15, 0.2) is 29.2 Å². The van der Waals surface area contributed by atoms with Crippen LogP contribution in [0.25, 0.3) is 0 Å². The molecule has 0 spiro atoms. The topological polar surface area (TPSA) is 32.3 Å². The minimum Gasteiger partial charge on any atom is -0.340 e. The zero-order valence-corrected chi connectivity index (χ0v) is 12.6. The third kappa shape index (κ3) is 4.41. The SMILES string of the molecule is CC1CN(C(=O)CCSc2ccccc2Cl)CCN1. The Kier molecular flexibility index (Phi) is 5.55. The summed E-state index contributed by atoms with van der Waals surface area (Å²) >= 11 is 7.73. The van der Waals surface area contributed by atoms with Gasteiger partial charge in [-0.15, -0.1) is 11.8 Å². The molecule has 0 aliphatic carbocycles. The van der Waals surface area contributed by atoms with Crippen LogP contribution in [0.3, 0.4) is 0 Å². The molecule has 1 aliphatic rings. The number of amides is 1. The fraction of sp³-hybridized carbons (Fsp3) is 0.500. The van der Waals surface area contributed by atoms with Crippen molar-refractivity contribution in [2.24, 2.45) is 0 Å². The van der Waals surface area contributed by atoms with Crippen LogP contribution in [-0.2, 0) is 4.79 Å². The van der Waals surface area contributed by atoms with E-state index >= 15 is 0 Å². The molecule has 19 heavy (non-hydrogen) atoms. The predicted octanol–water partition coefficient (Wildman–Crippen LogP) is 2.64. The van der Waals surface area contributed by atoms with Gasteiger partial charge in [-0.1, -0.05) is 23.7 Å². The lowest BCUT2D eigenvalue weighted by Crippen LogP contribution is -2.51. The van der Waals surface area contributed by atoms with Gasteiger partial charge in [0.1, 0.15) is 0 Å². The van der Waals surface area contributed by atoms with Crippen LogP contribution in [-0.4, -0.2) is 42.2 Å². The average molecular weight is 299 g/mol. The van der Waals surface area contributed by atoms with Crippen molar-refractivity contribution in [1.29, 1.82) is 0 Å². The van der Waals surface area contributed by atoms with Gasteiger partial charge in [0.05, 0.1) is 5.02 Å². The van der Waals surface area contributed by atoms with Crippen LogP contribution in [0.1, 0.15) is 13.3 Å². The molecule has 0 saturated carbocycles. The second-order valence-corrected chi connectivity index (χ2v) is 6.27. The first kappa shape index (κ1) is 14.7. The first-order valence-corrected chi connectivity index (χ1v) is 7.91. The van der Waals surface area contributed by atoms with E-state index in [4.69, 9.17) is 11.6 Å². The van der Waals surface area contributed by atoms with Gasteiger partial charge in [0.15, 0.2) is 0 Å². The van der Waals surface area contributed by atoms with E-state index in [9.17, 15) is 4.79 Å². The lowest BCUT2D eigenvalue weighted by Gasteiger charge is -2.32. The van der Waals surface area contributed by atoms with Crippen molar-refractivity contribution in [2.45, 2.75) is 24.3 Å². The molecule has 1 aromatic rings. The minimum absolute atomic E-state index is 0.243. The molecule has 5 heteroatoms. The van der Waals surface area contributed by atoms with Crippen molar-refractivity contribution in [3.63, 3.8) is 0 Å². The third-order valence-electron chi connectivity index (χ3n) is 3.13. The molecule has 1 N–H and O–H groups in total. The molecule has 2 rings (SSSR count). The summed E-state index contributed by atoms with van der Waals surface area (Å²) in [4.78, 5) is 15.1. The fourth-order valence-corrected chi connectivity index (χ4v) is 3.30. The highest BCUT2D eigenvalue weighted by atomic mass is 35.5. The van der Waals surface area contributed by atoms with Crippen LogP contribution in [0.5, 0.6) is 0 Å². The van der Waals surface area contributed by atoms with Crippen LogP contribution < -0.4 is 5.32 Å². The van der Waals surface area contributed by atoms with Gasteiger partial charge in [-0.05, 0) is 19.1 Å². The summed E-state index contributed by atoms with van der Waals surface area (Å²) in [7, 11) is 0. The number of carbonyl (C=O) groups is 1. The van der Waals surface area contributed by atoms with E-state index in [1.807, 2.05) is 29.2 Å². The second-order valence-electron chi connectivity index (χ2n) is 4.72. The van der Waals surface area contributed by atoms with Crippen LogP contribution >= 0.6 is 23.4 Å². The Bertz CT molecular complexity index is 441. The molecule has 0 radical (unpaired) electrons. The number of hydrogen-bond acceptors (Lipinski definition) is 3. The maximum Gasteiger partial charge on any atom is 0.223 e.